The number of rotatable bonds is 4. The Morgan fingerprint density at radius 2 is 1.58 bits per heavy atom. The lowest BCUT2D eigenvalue weighted by Gasteiger charge is -2.57. The Labute approximate surface area is 144 Å². The van der Waals surface area contributed by atoms with Crippen molar-refractivity contribution in [3.05, 3.63) is 71.3 Å². The highest BCUT2D eigenvalue weighted by molar-refractivity contribution is 5.27. The number of ether oxygens (including phenoxy) is 2. The van der Waals surface area contributed by atoms with Crippen LogP contribution in [0.25, 0.3) is 0 Å². The lowest BCUT2D eigenvalue weighted by molar-refractivity contribution is -0.420. The molecule has 3 heterocycles. The Balaban J connectivity index is 1.69. The lowest BCUT2D eigenvalue weighted by atomic mass is 9.86. The molecule has 3 fully saturated rings. The van der Waals surface area contributed by atoms with Crippen LogP contribution in [0, 0.1) is 5.41 Å². The number of hydrogen-bond acceptors (Lipinski definition) is 3. The molecule has 2 aromatic carbocycles. The number of benzene rings is 2. The van der Waals surface area contributed by atoms with E-state index >= 15 is 0 Å². The van der Waals surface area contributed by atoms with Crippen LogP contribution in [-0.2, 0) is 28.4 Å². The molecule has 0 spiro atoms. The number of fused-ring (bicyclic) bond motifs is 3. The maximum Gasteiger partial charge on any atom is 0.258 e. The summed E-state index contributed by atoms with van der Waals surface area (Å²) in [5.74, 6) is -0.750. The molecule has 2 aromatic rings. The van der Waals surface area contributed by atoms with Crippen molar-refractivity contribution in [2.45, 2.75) is 32.7 Å². The van der Waals surface area contributed by atoms with Crippen molar-refractivity contribution in [2.24, 2.45) is 5.41 Å². The zero-order valence-corrected chi connectivity index (χ0v) is 14.5. The molecule has 0 aliphatic carbocycles. The van der Waals surface area contributed by atoms with Crippen molar-refractivity contribution in [2.75, 3.05) is 19.8 Å². The first-order valence-electron chi connectivity index (χ1n) is 8.80. The van der Waals surface area contributed by atoms with E-state index in [1.807, 2.05) is 0 Å². The van der Waals surface area contributed by atoms with Gasteiger partial charge in [0.2, 0.25) is 0 Å². The molecule has 3 nitrogen and oxygen atoms in total. The predicted octanol–water partition coefficient (Wildman–Crippen LogP) is 3.93. The Morgan fingerprint density at radius 3 is 2.21 bits per heavy atom. The van der Waals surface area contributed by atoms with Gasteiger partial charge in [-0.05, 0) is 17.5 Å². The third-order valence-electron chi connectivity index (χ3n) is 5.16. The quantitative estimate of drug-likeness (QED) is 0.851. The molecule has 2 bridgehead atoms. The van der Waals surface area contributed by atoms with Gasteiger partial charge in [0.05, 0.1) is 13.2 Å². The van der Waals surface area contributed by atoms with Gasteiger partial charge < -0.3 is 9.47 Å². The van der Waals surface area contributed by atoms with E-state index < -0.39 is 5.91 Å². The van der Waals surface area contributed by atoms with Crippen LogP contribution < -0.4 is 0 Å². The Morgan fingerprint density at radius 1 is 0.917 bits per heavy atom. The Kier molecular flexibility index (Phi) is 3.95. The summed E-state index contributed by atoms with van der Waals surface area (Å²) in [6, 6.07) is 19.2. The third-order valence-corrected chi connectivity index (χ3v) is 5.16. The molecule has 5 rings (SSSR count). The second-order valence-corrected chi connectivity index (χ2v) is 7.36. The molecule has 3 heteroatoms. The van der Waals surface area contributed by atoms with Gasteiger partial charge in [0.25, 0.3) is 5.91 Å². The fraction of sp³-hybridized carbons (Fsp3) is 0.429. The molecule has 24 heavy (non-hydrogen) atoms. The molecule has 0 amide bonds. The van der Waals surface area contributed by atoms with E-state index in [1.165, 1.54) is 11.1 Å². The molecule has 0 radical (unpaired) electrons. The van der Waals surface area contributed by atoms with Crippen LogP contribution in [0.1, 0.15) is 30.5 Å². The normalized spacial score (nSPS) is 29.8. The van der Waals surface area contributed by atoms with Crippen LogP contribution in [0.5, 0.6) is 0 Å². The van der Waals surface area contributed by atoms with E-state index in [-0.39, 0.29) is 5.41 Å². The molecular formula is C21H25NO2. The van der Waals surface area contributed by atoms with Crippen molar-refractivity contribution in [1.29, 1.82) is 0 Å². The van der Waals surface area contributed by atoms with Gasteiger partial charge in [-0.3, -0.25) is 0 Å². The summed E-state index contributed by atoms with van der Waals surface area (Å²) in [6.07, 6.45) is 1.04. The van der Waals surface area contributed by atoms with Crippen molar-refractivity contribution >= 4 is 0 Å². The summed E-state index contributed by atoms with van der Waals surface area (Å²) < 4.78 is 12.6. The van der Waals surface area contributed by atoms with Gasteiger partial charge in [0, 0.05) is 24.1 Å². The van der Waals surface area contributed by atoms with E-state index in [9.17, 15) is 0 Å². The minimum atomic E-state index is -0.750. The van der Waals surface area contributed by atoms with Gasteiger partial charge in [-0.1, -0.05) is 68.4 Å². The highest BCUT2D eigenvalue weighted by Crippen LogP contribution is 2.46. The first kappa shape index (κ1) is 15.8. The topological polar surface area (TPSA) is 21.7 Å². The second-order valence-electron chi connectivity index (χ2n) is 7.36. The summed E-state index contributed by atoms with van der Waals surface area (Å²) in [5.41, 5.74) is 3.78. The first-order chi connectivity index (χ1) is 11.6. The molecule has 0 atom stereocenters. The van der Waals surface area contributed by atoms with Crippen molar-refractivity contribution in [3.8, 4) is 0 Å². The second kappa shape index (κ2) is 5.99. The maximum atomic E-state index is 6.32. The van der Waals surface area contributed by atoms with Crippen LogP contribution in [-0.4, -0.2) is 24.7 Å². The van der Waals surface area contributed by atoms with Gasteiger partial charge in [0.1, 0.15) is 0 Å². The number of aryl methyl sites for hydroxylation is 1. The van der Waals surface area contributed by atoms with Gasteiger partial charge in [-0.2, -0.15) is 0 Å². The highest BCUT2D eigenvalue weighted by atomic mass is 16.7. The van der Waals surface area contributed by atoms with E-state index in [1.54, 1.807) is 0 Å². The summed E-state index contributed by atoms with van der Waals surface area (Å²) >= 11 is 0. The maximum absolute atomic E-state index is 6.32. The third kappa shape index (κ3) is 2.67. The Bertz CT molecular complexity index is 688. The average Bonchev–Trinajstić information content (AvgIpc) is 2.63. The van der Waals surface area contributed by atoms with Crippen LogP contribution >= 0.6 is 0 Å². The number of nitrogens with zero attached hydrogens (tertiary/aromatic N) is 1. The van der Waals surface area contributed by atoms with Crippen molar-refractivity contribution in [1.82, 2.24) is 4.90 Å². The first-order valence-corrected chi connectivity index (χ1v) is 8.80. The van der Waals surface area contributed by atoms with E-state index in [0.29, 0.717) is 0 Å². The molecule has 0 saturated carbocycles. The largest absolute Gasteiger partial charge is 0.333 e. The zero-order valence-electron chi connectivity index (χ0n) is 14.5. The van der Waals surface area contributed by atoms with Crippen LogP contribution in [0.15, 0.2) is 54.6 Å². The minimum absolute atomic E-state index is 0.0693. The summed E-state index contributed by atoms with van der Waals surface area (Å²) in [4.78, 5) is 2.34. The molecular weight excluding hydrogens is 298 g/mol. The highest BCUT2D eigenvalue weighted by Gasteiger charge is 2.55. The zero-order chi connectivity index (χ0) is 16.6. The van der Waals surface area contributed by atoms with Gasteiger partial charge >= 0.3 is 0 Å². The van der Waals surface area contributed by atoms with Gasteiger partial charge in [0.15, 0.2) is 0 Å². The number of hydrogen-bond donors (Lipinski definition) is 0. The minimum Gasteiger partial charge on any atom is -0.333 e. The molecule has 0 N–H and O–H groups in total. The molecule has 3 aliphatic rings. The Hall–Kier alpha value is -1.68. The molecule has 3 aliphatic heterocycles. The summed E-state index contributed by atoms with van der Waals surface area (Å²) in [5, 5.41) is 0. The molecule has 126 valence electrons. The van der Waals surface area contributed by atoms with E-state index in [2.05, 4.69) is 73.3 Å². The standard InChI is InChI=1S/C21H25NO2/c1-3-17-9-11-19(12-10-17)21-22(13-18-7-5-4-6-8-18)14-20(2,15-23-21)16-24-21/h4-12H,3,13-16H2,1-2H3. The lowest BCUT2D eigenvalue weighted by Crippen LogP contribution is -2.66. The predicted molar refractivity (Wildman–Crippen MR) is 94.4 cm³/mol. The fourth-order valence-electron chi connectivity index (χ4n) is 3.73. The van der Waals surface area contributed by atoms with Crippen molar-refractivity contribution in [3.63, 3.8) is 0 Å². The van der Waals surface area contributed by atoms with Gasteiger partial charge in [-0.15, -0.1) is 0 Å². The summed E-state index contributed by atoms with van der Waals surface area (Å²) in [7, 11) is 0. The van der Waals surface area contributed by atoms with Crippen LogP contribution in [0.2, 0.25) is 0 Å². The van der Waals surface area contributed by atoms with Gasteiger partial charge in [-0.25, -0.2) is 4.90 Å². The monoisotopic (exact) mass is 323 g/mol. The summed E-state index contributed by atoms with van der Waals surface area (Å²) in [6.45, 7) is 7.72. The van der Waals surface area contributed by atoms with Crippen LogP contribution in [0.3, 0.4) is 0 Å². The molecule has 3 saturated heterocycles. The van der Waals surface area contributed by atoms with E-state index in [4.69, 9.17) is 9.47 Å². The van der Waals surface area contributed by atoms with E-state index in [0.717, 1.165) is 38.3 Å². The molecule has 0 unspecified atom stereocenters. The average molecular weight is 323 g/mol. The van der Waals surface area contributed by atoms with Crippen molar-refractivity contribution < 1.29 is 9.47 Å². The SMILES string of the molecule is CCc1ccc(C23OCC(C)(CO2)CN3Cc2ccccc2)cc1. The van der Waals surface area contributed by atoms with Crippen LogP contribution in [0.4, 0.5) is 0 Å². The fourth-order valence-corrected chi connectivity index (χ4v) is 3.73. The smallest absolute Gasteiger partial charge is 0.258 e. The molecule has 0 aromatic heterocycles.